The van der Waals surface area contributed by atoms with Gasteiger partial charge in [-0.25, -0.2) is 4.79 Å². The molecule has 0 saturated carbocycles. The fourth-order valence-corrected chi connectivity index (χ4v) is 2.50. The zero-order chi connectivity index (χ0) is 19.6. The van der Waals surface area contributed by atoms with E-state index in [9.17, 15) is 22.8 Å². The van der Waals surface area contributed by atoms with Crippen molar-refractivity contribution in [1.29, 1.82) is 0 Å². The molecular weight excluding hydrogens is 391 g/mol. The Balaban J connectivity index is 1.56. The van der Waals surface area contributed by atoms with Gasteiger partial charge in [0.1, 0.15) is 0 Å². The highest BCUT2D eigenvalue weighted by atomic mass is 35.5. The highest BCUT2D eigenvalue weighted by Crippen LogP contribution is 2.39. The molecule has 10 heteroatoms. The minimum absolute atomic E-state index is 0.0247. The lowest BCUT2D eigenvalue weighted by Crippen LogP contribution is -2.21. The lowest BCUT2D eigenvalue weighted by molar-refractivity contribution is -0.137. The molecule has 142 valence electrons. The SMILES string of the molecule is O=C(COC(=O)c1cc(Cl)c2c(c1)OCO2)Nc1ccc(C(F)(F)F)cc1. The van der Waals surface area contributed by atoms with Gasteiger partial charge in [0.2, 0.25) is 6.79 Å². The Morgan fingerprint density at radius 3 is 2.52 bits per heavy atom. The van der Waals surface area contributed by atoms with E-state index in [0.717, 1.165) is 24.3 Å². The Kier molecular flexibility index (Phi) is 5.13. The first-order chi connectivity index (χ1) is 12.7. The van der Waals surface area contributed by atoms with E-state index in [4.69, 9.17) is 25.8 Å². The molecule has 0 bridgehead atoms. The van der Waals surface area contributed by atoms with Crippen molar-refractivity contribution in [3.8, 4) is 11.5 Å². The molecule has 2 aromatic carbocycles. The number of hydrogen-bond acceptors (Lipinski definition) is 5. The molecule has 27 heavy (non-hydrogen) atoms. The van der Waals surface area contributed by atoms with Crippen molar-refractivity contribution in [3.63, 3.8) is 0 Å². The van der Waals surface area contributed by atoms with E-state index in [1.54, 1.807) is 0 Å². The summed E-state index contributed by atoms with van der Waals surface area (Å²) in [6.07, 6.45) is -4.47. The average molecular weight is 402 g/mol. The average Bonchev–Trinajstić information content (AvgIpc) is 3.08. The largest absolute Gasteiger partial charge is 0.454 e. The number of fused-ring (bicyclic) bond motifs is 1. The highest BCUT2D eigenvalue weighted by Gasteiger charge is 2.30. The lowest BCUT2D eigenvalue weighted by atomic mass is 10.2. The zero-order valence-corrected chi connectivity index (χ0v) is 14.2. The van der Waals surface area contributed by atoms with Crippen LogP contribution >= 0.6 is 11.6 Å². The van der Waals surface area contributed by atoms with Gasteiger partial charge < -0.3 is 19.5 Å². The van der Waals surface area contributed by atoms with Gasteiger partial charge in [-0.3, -0.25) is 4.79 Å². The first-order valence-corrected chi connectivity index (χ1v) is 7.85. The van der Waals surface area contributed by atoms with Crippen LogP contribution in [0.3, 0.4) is 0 Å². The first kappa shape index (κ1) is 18.8. The molecule has 0 atom stereocenters. The summed E-state index contributed by atoms with van der Waals surface area (Å²) in [5, 5.41) is 2.48. The molecule has 1 aliphatic heterocycles. The van der Waals surface area contributed by atoms with Crippen molar-refractivity contribution >= 4 is 29.2 Å². The van der Waals surface area contributed by atoms with Gasteiger partial charge in [-0.2, -0.15) is 13.2 Å². The summed E-state index contributed by atoms with van der Waals surface area (Å²) in [4.78, 5) is 23.8. The fourth-order valence-electron chi connectivity index (χ4n) is 2.24. The van der Waals surface area contributed by atoms with Gasteiger partial charge in [0, 0.05) is 5.69 Å². The second kappa shape index (κ2) is 7.36. The molecule has 0 spiro atoms. The van der Waals surface area contributed by atoms with Crippen molar-refractivity contribution in [2.24, 2.45) is 0 Å². The van der Waals surface area contributed by atoms with E-state index in [2.05, 4.69) is 5.32 Å². The van der Waals surface area contributed by atoms with E-state index in [-0.39, 0.29) is 28.8 Å². The van der Waals surface area contributed by atoms with Gasteiger partial charge in [-0.05, 0) is 36.4 Å². The van der Waals surface area contributed by atoms with Crippen molar-refractivity contribution in [2.45, 2.75) is 6.18 Å². The molecule has 0 fully saturated rings. The van der Waals surface area contributed by atoms with E-state index < -0.39 is 30.2 Å². The molecule has 2 aromatic rings. The van der Waals surface area contributed by atoms with Crippen molar-refractivity contribution in [3.05, 3.63) is 52.5 Å². The summed E-state index contributed by atoms with van der Waals surface area (Å²) in [6.45, 7) is -0.658. The predicted molar refractivity (Wildman–Crippen MR) is 87.9 cm³/mol. The van der Waals surface area contributed by atoms with Crippen molar-refractivity contribution in [1.82, 2.24) is 0 Å². The number of carbonyl (C=O) groups excluding carboxylic acids is 2. The minimum Gasteiger partial charge on any atom is -0.454 e. The molecule has 0 radical (unpaired) electrons. The second-order valence-corrected chi connectivity index (χ2v) is 5.80. The van der Waals surface area contributed by atoms with Crippen LogP contribution < -0.4 is 14.8 Å². The molecule has 0 aliphatic carbocycles. The summed E-state index contributed by atoms with van der Waals surface area (Å²) in [5.74, 6) is -0.940. The van der Waals surface area contributed by atoms with E-state index >= 15 is 0 Å². The minimum atomic E-state index is -4.47. The van der Waals surface area contributed by atoms with Crippen LogP contribution in [0.25, 0.3) is 0 Å². The topological polar surface area (TPSA) is 73.9 Å². The maximum atomic E-state index is 12.5. The number of carbonyl (C=O) groups is 2. The highest BCUT2D eigenvalue weighted by molar-refractivity contribution is 6.32. The maximum Gasteiger partial charge on any atom is 0.416 e. The summed E-state index contributed by atoms with van der Waals surface area (Å²) in [6, 6.07) is 6.53. The molecule has 1 heterocycles. The number of amides is 1. The first-order valence-electron chi connectivity index (χ1n) is 7.47. The monoisotopic (exact) mass is 401 g/mol. The van der Waals surface area contributed by atoms with Gasteiger partial charge in [0.25, 0.3) is 5.91 Å². The summed E-state index contributed by atoms with van der Waals surface area (Å²) in [5.41, 5.74) is -0.645. The van der Waals surface area contributed by atoms with Gasteiger partial charge >= 0.3 is 12.1 Å². The zero-order valence-electron chi connectivity index (χ0n) is 13.4. The number of nitrogens with one attached hydrogen (secondary N) is 1. The second-order valence-electron chi connectivity index (χ2n) is 5.39. The number of benzene rings is 2. The molecule has 0 aromatic heterocycles. The van der Waals surface area contributed by atoms with Gasteiger partial charge in [-0.15, -0.1) is 0 Å². The number of halogens is 4. The van der Waals surface area contributed by atoms with Crippen molar-refractivity contribution in [2.75, 3.05) is 18.7 Å². The third kappa shape index (κ3) is 4.43. The van der Waals surface area contributed by atoms with E-state index in [1.807, 2.05) is 0 Å². The van der Waals surface area contributed by atoms with Crippen LogP contribution in [0.2, 0.25) is 5.02 Å². The number of rotatable bonds is 4. The lowest BCUT2D eigenvalue weighted by Gasteiger charge is -2.09. The molecule has 1 aliphatic rings. The third-order valence-corrected chi connectivity index (χ3v) is 3.77. The molecule has 1 amide bonds. The van der Waals surface area contributed by atoms with Crippen LogP contribution in [0, 0.1) is 0 Å². The normalized spacial score (nSPS) is 12.6. The van der Waals surface area contributed by atoms with Crippen LogP contribution in [0.4, 0.5) is 18.9 Å². The van der Waals surface area contributed by atoms with Crippen LogP contribution in [-0.4, -0.2) is 25.3 Å². The third-order valence-electron chi connectivity index (χ3n) is 3.49. The number of hydrogen-bond donors (Lipinski definition) is 1. The Bertz CT molecular complexity index is 883. The van der Waals surface area contributed by atoms with E-state index in [1.165, 1.54) is 12.1 Å². The van der Waals surface area contributed by atoms with Crippen LogP contribution in [0.15, 0.2) is 36.4 Å². The Labute approximate surface area is 155 Å². The molecule has 0 unspecified atom stereocenters. The number of ether oxygens (including phenoxy) is 3. The molecule has 6 nitrogen and oxygen atoms in total. The van der Waals surface area contributed by atoms with Crippen LogP contribution in [0.1, 0.15) is 15.9 Å². The molecule has 3 rings (SSSR count). The van der Waals surface area contributed by atoms with Gasteiger partial charge in [0.15, 0.2) is 18.1 Å². The quantitative estimate of drug-likeness (QED) is 0.787. The molecule has 0 saturated heterocycles. The van der Waals surface area contributed by atoms with Gasteiger partial charge in [0.05, 0.1) is 16.1 Å². The smallest absolute Gasteiger partial charge is 0.416 e. The van der Waals surface area contributed by atoms with Crippen LogP contribution in [0.5, 0.6) is 11.5 Å². The summed E-state index contributed by atoms with van der Waals surface area (Å²) < 4.78 is 52.6. The number of anilines is 1. The fraction of sp³-hybridized carbons (Fsp3) is 0.176. The Morgan fingerprint density at radius 2 is 1.85 bits per heavy atom. The Hall–Kier alpha value is -2.94. The van der Waals surface area contributed by atoms with Crippen LogP contribution in [-0.2, 0) is 15.7 Å². The summed E-state index contributed by atoms with van der Waals surface area (Å²) >= 11 is 5.96. The predicted octanol–water partition coefficient (Wildman–Crippen LogP) is 3.88. The van der Waals surface area contributed by atoms with Crippen molar-refractivity contribution < 1.29 is 37.0 Å². The van der Waals surface area contributed by atoms with Gasteiger partial charge in [-0.1, -0.05) is 11.6 Å². The Morgan fingerprint density at radius 1 is 1.15 bits per heavy atom. The molecule has 1 N–H and O–H groups in total. The van der Waals surface area contributed by atoms with E-state index in [0.29, 0.717) is 5.75 Å². The standard InChI is InChI=1S/C17H11ClF3NO5/c18-12-5-9(6-13-15(12)27-8-26-13)16(24)25-7-14(23)22-11-3-1-10(2-4-11)17(19,20)21/h1-6H,7-8H2,(H,22,23). The number of alkyl halides is 3. The molecular formula is C17H11ClF3NO5. The number of esters is 1. The summed E-state index contributed by atoms with van der Waals surface area (Å²) in [7, 11) is 0. The maximum absolute atomic E-state index is 12.5.